The zero-order valence-corrected chi connectivity index (χ0v) is 7.43. The van der Waals surface area contributed by atoms with Crippen molar-refractivity contribution in [2.45, 2.75) is 13.8 Å². The van der Waals surface area contributed by atoms with Crippen molar-refractivity contribution in [1.82, 2.24) is 0 Å². The molecule has 0 saturated carbocycles. The summed E-state index contributed by atoms with van der Waals surface area (Å²) in [6.07, 6.45) is 0. The van der Waals surface area contributed by atoms with E-state index >= 15 is 0 Å². The first kappa shape index (κ1) is 8.73. The standard InChI is InChI=1S/C6H10NO3P/c1-6(2)4-9-11(8,7-3)10-5-6/h4-5H2,1-2H3. The van der Waals surface area contributed by atoms with Crippen LogP contribution in [0.3, 0.4) is 0 Å². The van der Waals surface area contributed by atoms with E-state index < -0.39 is 7.75 Å². The third-order valence-electron chi connectivity index (χ3n) is 1.36. The highest BCUT2D eigenvalue weighted by Crippen LogP contribution is 2.54. The van der Waals surface area contributed by atoms with Gasteiger partial charge in [0, 0.05) is 5.41 Å². The largest absolute Gasteiger partial charge is 0.693 e. The molecule has 1 rings (SSSR count). The lowest BCUT2D eigenvalue weighted by molar-refractivity contribution is 0.0455. The SMILES string of the molecule is [C-]#[N+]P1(=O)OCC(C)(C)CO1. The molecule has 4 nitrogen and oxygen atoms in total. The maximum Gasteiger partial charge on any atom is 0.693 e. The van der Waals surface area contributed by atoms with Crippen LogP contribution in [0.25, 0.3) is 4.62 Å². The summed E-state index contributed by atoms with van der Waals surface area (Å²) >= 11 is 0. The van der Waals surface area contributed by atoms with Crippen LogP contribution >= 0.6 is 7.75 Å². The second-order valence-electron chi connectivity index (χ2n) is 3.28. The van der Waals surface area contributed by atoms with Gasteiger partial charge in [0.25, 0.3) is 0 Å². The molecule has 1 aliphatic rings. The molecule has 1 aliphatic heterocycles. The van der Waals surface area contributed by atoms with E-state index in [0.717, 1.165) is 0 Å². The lowest BCUT2D eigenvalue weighted by Crippen LogP contribution is -2.28. The molecule has 0 aromatic carbocycles. The van der Waals surface area contributed by atoms with Crippen LogP contribution < -0.4 is 0 Å². The first-order chi connectivity index (χ1) is 4.97. The van der Waals surface area contributed by atoms with Crippen LogP contribution in [-0.2, 0) is 13.6 Å². The summed E-state index contributed by atoms with van der Waals surface area (Å²) < 4.78 is 23.5. The van der Waals surface area contributed by atoms with Crippen molar-refractivity contribution in [3.8, 4) is 0 Å². The zero-order valence-electron chi connectivity index (χ0n) is 6.53. The Morgan fingerprint density at radius 3 is 2.27 bits per heavy atom. The molecule has 62 valence electrons. The van der Waals surface area contributed by atoms with Gasteiger partial charge in [0.2, 0.25) is 0 Å². The lowest BCUT2D eigenvalue weighted by Gasteiger charge is -2.27. The first-order valence-corrected chi connectivity index (χ1v) is 4.75. The predicted octanol–water partition coefficient (Wildman–Crippen LogP) is 2.09. The molecule has 1 heterocycles. The Balaban J connectivity index is 2.64. The van der Waals surface area contributed by atoms with E-state index in [2.05, 4.69) is 4.62 Å². The minimum atomic E-state index is -3.38. The van der Waals surface area contributed by atoms with Gasteiger partial charge in [-0.3, -0.25) is 0 Å². The molecule has 1 fully saturated rings. The van der Waals surface area contributed by atoms with Gasteiger partial charge in [0.05, 0.1) is 13.2 Å². The van der Waals surface area contributed by atoms with Gasteiger partial charge in [-0.05, 0) is 0 Å². The number of rotatable bonds is 0. The van der Waals surface area contributed by atoms with Gasteiger partial charge in [-0.1, -0.05) is 13.8 Å². The Morgan fingerprint density at radius 1 is 1.45 bits per heavy atom. The normalized spacial score (nSPS) is 27.4. The van der Waals surface area contributed by atoms with Crippen molar-refractivity contribution in [3.63, 3.8) is 0 Å². The molecular formula is C6H10NO3P. The minimum absolute atomic E-state index is 0.126. The van der Waals surface area contributed by atoms with Crippen molar-refractivity contribution in [2.24, 2.45) is 5.41 Å². The molecular weight excluding hydrogens is 165 g/mol. The monoisotopic (exact) mass is 175 g/mol. The summed E-state index contributed by atoms with van der Waals surface area (Å²) in [5, 5.41) is 0. The summed E-state index contributed by atoms with van der Waals surface area (Å²) in [4.78, 5) is 0. The summed E-state index contributed by atoms with van der Waals surface area (Å²) in [6.45, 7) is 11.0. The van der Waals surface area contributed by atoms with Crippen LogP contribution in [0.5, 0.6) is 0 Å². The first-order valence-electron chi connectivity index (χ1n) is 3.26. The minimum Gasteiger partial charge on any atom is -0.244 e. The van der Waals surface area contributed by atoms with Gasteiger partial charge in [-0.2, -0.15) is 4.57 Å². The molecule has 0 aliphatic carbocycles. The molecule has 1 saturated heterocycles. The average molecular weight is 175 g/mol. The van der Waals surface area contributed by atoms with Crippen LogP contribution in [0.2, 0.25) is 0 Å². The molecule has 0 N–H and O–H groups in total. The Hall–Kier alpha value is -0.360. The van der Waals surface area contributed by atoms with Crippen molar-refractivity contribution >= 4 is 7.75 Å². The summed E-state index contributed by atoms with van der Waals surface area (Å²) in [5.41, 5.74) is -0.126. The van der Waals surface area contributed by atoms with Crippen LogP contribution in [0.4, 0.5) is 0 Å². The number of nitrogens with zero attached hydrogens (tertiary/aromatic N) is 1. The maximum absolute atomic E-state index is 11.1. The molecule has 0 atom stereocenters. The average Bonchev–Trinajstić information content (AvgIpc) is 1.97. The van der Waals surface area contributed by atoms with E-state index in [9.17, 15) is 4.57 Å². The summed E-state index contributed by atoms with van der Waals surface area (Å²) in [7, 11) is -3.38. The van der Waals surface area contributed by atoms with Crippen LogP contribution in [-0.4, -0.2) is 13.2 Å². The Kier molecular flexibility index (Phi) is 2.06. The van der Waals surface area contributed by atoms with Gasteiger partial charge >= 0.3 is 7.75 Å². The van der Waals surface area contributed by atoms with Gasteiger partial charge in [0.15, 0.2) is 0 Å². The van der Waals surface area contributed by atoms with E-state index in [1.165, 1.54) is 0 Å². The summed E-state index contributed by atoms with van der Waals surface area (Å²) in [5.74, 6) is 0. The third-order valence-corrected chi connectivity index (χ3v) is 2.52. The highest BCUT2D eigenvalue weighted by molar-refractivity contribution is 7.56. The van der Waals surface area contributed by atoms with E-state index in [0.29, 0.717) is 13.2 Å². The van der Waals surface area contributed by atoms with Gasteiger partial charge in [0.1, 0.15) is 0 Å². The molecule has 0 spiro atoms. The smallest absolute Gasteiger partial charge is 0.244 e. The predicted molar refractivity (Wildman–Crippen MR) is 39.9 cm³/mol. The molecule has 0 aromatic rings. The fourth-order valence-corrected chi connectivity index (χ4v) is 1.86. The van der Waals surface area contributed by atoms with Crippen LogP contribution in [0.1, 0.15) is 13.8 Å². The van der Waals surface area contributed by atoms with Crippen molar-refractivity contribution in [2.75, 3.05) is 13.2 Å². The van der Waals surface area contributed by atoms with E-state index in [1.807, 2.05) is 13.8 Å². The lowest BCUT2D eigenvalue weighted by atomic mass is 9.97. The fourth-order valence-electron chi connectivity index (χ4n) is 0.649. The van der Waals surface area contributed by atoms with Crippen molar-refractivity contribution in [1.29, 1.82) is 0 Å². The van der Waals surface area contributed by atoms with Crippen LogP contribution in [0.15, 0.2) is 0 Å². The fraction of sp³-hybridized carbons (Fsp3) is 0.833. The zero-order chi connectivity index (χ0) is 8.54. The second-order valence-corrected chi connectivity index (χ2v) is 4.93. The van der Waals surface area contributed by atoms with E-state index in [4.69, 9.17) is 15.6 Å². The van der Waals surface area contributed by atoms with Crippen molar-refractivity contribution in [3.05, 3.63) is 11.2 Å². The number of hydrogen-bond acceptors (Lipinski definition) is 3. The third kappa shape index (κ3) is 2.03. The second kappa shape index (κ2) is 2.60. The topological polar surface area (TPSA) is 39.9 Å². The van der Waals surface area contributed by atoms with E-state index in [-0.39, 0.29) is 5.41 Å². The maximum atomic E-state index is 11.1. The molecule has 11 heavy (non-hydrogen) atoms. The molecule has 0 unspecified atom stereocenters. The molecule has 0 amide bonds. The van der Waals surface area contributed by atoms with Gasteiger partial charge < -0.3 is 0 Å². The van der Waals surface area contributed by atoms with Crippen LogP contribution in [0, 0.1) is 12.0 Å². The molecule has 5 heteroatoms. The van der Waals surface area contributed by atoms with Crippen molar-refractivity contribution < 1.29 is 13.6 Å². The van der Waals surface area contributed by atoms with Gasteiger partial charge in [-0.25, -0.2) is 20.2 Å². The Bertz CT molecular complexity index is 229. The molecule has 0 radical (unpaired) electrons. The van der Waals surface area contributed by atoms with Gasteiger partial charge in [-0.15, -0.1) is 0 Å². The molecule has 0 aromatic heterocycles. The highest BCUT2D eigenvalue weighted by atomic mass is 31.2. The highest BCUT2D eigenvalue weighted by Gasteiger charge is 2.43. The number of hydrogen-bond donors (Lipinski definition) is 0. The van der Waals surface area contributed by atoms with E-state index in [1.54, 1.807) is 0 Å². The Labute approximate surface area is 65.9 Å². The Morgan fingerprint density at radius 2 is 1.91 bits per heavy atom. The summed E-state index contributed by atoms with van der Waals surface area (Å²) in [6, 6.07) is 0. The molecule has 0 bridgehead atoms. The quantitative estimate of drug-likeness (QED) is 0.418.